The van der Waals surface area contributed by atoms with Crippen LogP contribution in [0.5, 0.6) is 0 Å². The van der Waals surface area contributed by atoms with Gasteiger partial charge >= 0.3 is 0 Å². The summed E-state index contributed by atoms with van der Waals surface area (Å²) in [5.74, 6) is 0.149. The molecule has 24 heavy (non-hydrogen) atoms. The van der Waals surface area contributed by atoms with Gasteiger partial charge in [-0.25, -0.2) is 4.98 Å². The van der Waals surface area contributed by atoms with Crippen LogP contribution in [0.3, 0.4) is 0 Å². The molecule has 1 aromatic heterocycles. The molecule has 1 amide bonds. The lowest BCUT2D eigenvalue weighted by atomic mass is 10.2. The van der Waals surface area contributed by atoms with Gasteiger partial charge in [0.15, 0.2) is 0 Å². The molecule has 2 heterocycles. The molecule has 0 saturated carbocycles. The van der Waals surface area contributed by atoms with E-state index >= 15 is 0 Å². The predicted molar refractivity (Wildman–Crippen MR) is 96.2 cm³/mol. The van der Waals surface area contributed by atoms with Crippen LogP contribution in [0.2, 0.25) is 0 Å². The van der Waals surface area contributed by atoms with Crippen molar-refractivity contribution in [3.8, 4) is 0 Å². The average Bonchev–Trinajstić information content (AvgIpc) is 3.15. The summed E-state index contributed by atoms with van der Waals surface area (Å²) in [5, 5.41) is 2.03. The number of hydrogen-bond acceptors (Lipinski definition) is 5. The molecule has 0 radical (unpaired) electrons. The van der Waals surface area contributed by atoms with Crippen molar-refractivity contribution in [3.05, 3.63) is 46.9 Å². The number of rotatable bonds is 6. The Balaban J connectivity index is 1.70. The lowest BCUT2D eigenvalue weighted by molar-refractivity contribution is -0.137. The molecule has 1 aromatic carbocycles. The summed E-state index contributed by atoms with van der Waals surface area (Å²) in [5.41, 5.74) is 3.86. The molecule has 0 aliphatic carbocycles. The smallest absolute Gasteiger partial charge is 0.242 e. The number of morpholine rings is 1. The Morgan fingerprint density at radius 2 is 2.25 bits per heavy atom. The maximum absolute atomic E-state index is 12.8. The number of ether oxygens (including phenoxy) is 1. The minimum absolute atomic E-state index is 0.149. The van der Waals surface area contributed by atoms with Crippen molar-refractivity contribution in [3.63, 3.8) is 0 Å². The van der Waals surface area contributed by atoms with Crippen LogP contribution in [0.1, 0.15) is 19.0 Å². The van der Waals surface area contributed by atoms with E-state index < -0.39 is 0 Å². The number of hydrogen-bond donors (Lipinski definition) is 0. The molecular weight excluding hydrogens is 322 g/mol. The lowest BCUT2D eigenvalue weighted by Gasteiger charge is -2.34. The zero-order valence-electron chi connectivity index (χ0n) is 13.9. The van der Waals surface area contributed by atoms with Gasteiger partial charge in [0.05, 0.1) is 37.0 Å². The van der Waals surface area contributed by atoms with E-state index in [0.29, 0.717) is 32.8 Å². The molecule has 0 bridgehead atoms. The van der Waals surface area contributed by atoms with Crippen molar-refractivity contribution in [2.24, 2.45) is 0 Å². The number of para-hydroxylation sites is 1. The van der Waals surface area contributed by atoms with Crippen LogP contribution >= 0.6 is 11.3 Å². The van der Waals surface area contributed by atoms with Crippen LogP contribution in [0.4, 0.5) is 5.69 Å². The van der Waals surface area contributed by atoms with Gasteiger partial charge < -0.3 is 14.5 Å². The monoisotopic (exact) mass is 345 g/mol. The van der Waals surface area contributed by atoms with Crippen LogP contribution in [0.25, 0.3) is 0 Å². The number of aromatic nitrogens is 1. The summed E-state index contributed by atoms with van der Waals surface area (Å²) in [6.45, 7) is 5.08. The van der Waals surface area contributed by atoms with Gasteiger partial charge in [0.25, 0.3) is 0 Å². The first kappa shape index (κ1) is 16.9. The molecule has 6 heteroatoms. The summed E-state index contributed by atoms with van der Waals surface area (Å²) >= 11 is 1.58. The summed E-state index contributed by atoms with van der Waals surface area (Å²) in [6, 6.07) is 10.0. The highest BCUT2D eigenvalue weighted by atomic mass is 32.1. The zero-order valence-corrected chi connectivity index (χ0v) is 14.7. The summed E-state index contributed by atoms with van der Waals surface area (Å²) < 4.78 is 5.67. The maximum atomic E-state index is 12.8. The Hall–Kier alpha value is -1.92. The van der Waals surface area contributed by atoms with Crippen molar-refractivity contribution in [2.45, 2.75) is 26.0 Å². The van der Waals surface area contributed by atoms with Crippen LogP contribution < -0.4 is 4.90 Å². The molecule has 0 N–H and O–H groups in total. The third kappa shape index (κ3) is 4.33. The number of carbonyl (C=O) groups excluding carboxylic acids is 1. The number of anilines is 1. The molecular formula is C18H23N3O2S. The highest BCUT2D eigenvalue weighted by Gasteiger charge is 2.24. The van der Waals surface area contributed by atoms with Gasteiger partial charge in [-0.1, -0.05) is 25.1 Å². The third-order valence-corrected chi connectivity index (χ3v) is 4.87. The van der Waals surface area contributed by atoms with Crippen molar-refractivity contribution < 1.29 is 9.53 Å². The van der Waals surface area contributed by atoms with E-state index in [1.54, 1.807) is 11.3 Å². The Bertz CT molecular complexity index is 633. The van der Waals surface area contributed by atoms with Crippen molar-refractivity contribution in [1.82, 2.24) is 9.88 Å². The molecule has 1 atom stereocenters. The van der Waals surface area contributed by atoms with Gasteiger partial charge in [-0.05, 0) is 18.6 Å². The predicted octanol–water partition coefficient (Wildman–Crippen LogP) is 2.79. The molecule has 0 spiro atoms. The SMILES string of the molecule is CCC1CN(C(=O)CN(Cc2cscn2)c2ccccc2)CCO1. The van der Waals surface area contributed by atoms with Gasteiger partial charge in [0.1, 0.15) is 0 Å². The molecule has 1 fully saturated rings. The van der Waals surface area contributed by atoms with E-state index in [-0.39, 0.29) is 12.0 Å². The average molecular weight is 345 g/mol. The molecule has 1 aliphatic rings. The van der Waals surface area contributed by atoms with Crippen molar-refractivity contribution in [1.29, 1.82) is 0 Å². The van der Waals surface area contributed by atoms with Gasteiger partial charge in [0, 0.05) is 24.2 Å². The third-order valence-electron chi connectivity index (χ3n) is 4.23. The van der Waals surface area contributed by atoms with E-state index in [0.717, 1.165) is 17.8 Å². The fraction of sp³-hybridized carbons (Fsp3) is 0.444. The van der Waals surface area contributed by atoms with E-state index in [1.165, 1.54) is 0 Å². The Labute approximate surface area is 146 Å². The van der Waals surface area contributed by atoms with E-state index in [4.69, 9.17) is 4.74 Å². The molecule has 1 aliphatic heterocycles. The molecule has 1 unspecified atom stereocenters. The highest BCUT2D eigenvalue weighted by molar-refractivity contribution is 7.07. The van der Waals surface area contributed by atoms with Gasteiger partial charge in [-0.3, -0.25) is 4.79 Å². The fourth-order valence-corrected chi connectivity index (χ4v) is 3.39. The maximum Gasteiger partial charge on any atom is 0.242 e. The summed E-state index contributed by atoms with van der Waals surface area (Å²) in [6.07, 6.45) is 1.09. The first-order chi connectivity index (χ1) is 11.8. The topological polar surface area (TPSA) is 45.7 Å². The van der Waals surface area contributed by atoms with Crippen LogP contribution in [0, 0.1) is 0 Å². The first-order valence-corrected chi connectivity index (χ1v) is 9.27. The number of thiazole rings is 1. The van der Waals surface area contributed by atoms with Crippen LogP contribution in [0.15, 0.2) is 41.2 Å². The normalized spacial score (nSPS) is 17.7. The number of carbonyl (C=O) groups is 1. The Kier molecular flexibility index (Phi) is 5.82. The largest absolute Gasteiger partial charge is 0.375 e. The van der Waals surface area contributed by atoms with Gasteiger partial charge in [-0.15, -0.1) is 11.3 Å². The molecule has 5 nitrogen and oxygen atoms in total. The number of benzene rings is 1. The quantitative estimate of drug-likeness (QED) is 0.808. The second kappa shape index (κ2) is 8.26. The highest BCUT2D eigenvalue weighted by Crippen LogP contribution is 2.18. The van der Waals surface area contributed by atoms with Crippen molar-refractivity contribution in [2.75, 3.05) is 31.1 Å². The van der Waals surface area contributed by atoms with Gasteiger partial charge in [0.2, 0.25) is 5.91 Å². The molecule has 2 aromatic rings. The minimum Gasteiger partial charge on any atom is -0.375 e. The molecule has 1 saturated heterocycles. The molecule has 128 valence electrons. The summed E-state index contributed by atoms with van der Waals surface area (Å²) in [4.78, 5) is 21.2. The Morgan fingerprint density at radius 1 is 1.42 bits per heavy atom. The fourth-order valence-electron chi connectivity index (χ4n) is 2.84. The van der Waals surface area contributed by atoms with E-state index in [1.807, 2.05) is 46.1 Å². The van der Waals surface area contributed by atoms with Crippen LogP contribution in [-0.4, -0.2) is 48.1 Å². The minimum atomic E-state index is 0.149. The lowest BCUT2D eigenvalue weighted by Crippen LogP contribution is -2.48. The first-order valence-electron chi connectivity index (χ1n) is 8.32. The number of amides is 1. The second-order valence-corrected chi connectivity index (χ2v) is 6.63. The van der Waals surface area contributed by atoms with E-state index in [2.05, 4.69) is 16.8 Å². The zero-order chi connectivity index (χ0) is 16.8. The number of nitrogens with zero attached hydrogens (tertiary/aromatic N) is 3. The summed E-state index contributed by atoms with van der Waals surface area (Å²) in [7, 11) is 0. The molecule has 3 rings (SSSR count). The van der Waals surface area contributed by atoms with Crippen LogP contribution in [-0.2, 0) is 16.1 Å². The Morgan fingerprint density at radius 3 is 2.96 bits per heavy atom. The van der Waals surface area contributed by atoms with Crippen molar-refractivity contribution >= 4 is 22.9 Å². The van der Waals surface area contributed by atoms with E-state index in [9.17, 15) is 4.79 Å². The van der Waals surface area contributed by atoms with Gasteiger partial charge in [-0.2, -0.15) is 0 Å². The second-order valence-electron chi connectivity index (χ2n) is 5.91. The standard InChI is InChI=1S/C18H23N3O2S/c1-2-17-11-20(8-9-23-17)18(22)12-21(10-15-13-24-14-19-15)16-6-4-3-5-7-16/h3-7,13-14,17H,2,8-12H2,1H3.